The summed E-state index contributed by atoms with van der Waals surface area (Å²) in [6.07, 6.45) is 0.539. The highest BCUT2D eigenvalue weighted by atomic mass is 31.1. The second-order valence-electron chi connectivity index (χ2n) is 2.53. The lowest BCUT2D eigenvalue weighted by molar-refractivity contribution is 0.0987. The van der Waals surface area contributed by atoms with Crippen LogP contribution in [0.4, 0.5) is 0 Å². The number of nitrogens with zero attached hydrogens (tertiary/aromatic N) is 3. The maximum Gasteiger partial charge on any atom is 0.157 e. The number of hydrogen-bond acceptors (Lipinski definition) is 3. The minimum absolute atomic E-state index is 0.0127. The molecule has 1 aliphatic heterocycles. The van der Waals surface area contributed by atoms with E-state index in [4.69, 9.17) is 18.1 Å². The van der Waals surface area contributed by atoms with Crippen LogP contribution in [0.1, 0.15) is 6.42 Å². The molecule has 1 heterocycles. The summed E-state index contributed by atoms with van der Waals surface area (Å²) in [4.78, 5) is 2.67. The molecule has 1 aliphatic rings. The maximum atomic E-state index is 10.3. The van der Waals surface area contributed by atoms with Crippen molar-refractivity contribution in [3.8, 4) is 0 Å². The molecule has 0 saturated carbocycles. The van der Waals surface area contributed by atoms with Gasteiger partial charge in [0.25, 0.3) is 0 Å². The zero-order chi connectivity index (χ0) is 8.97. The molecule has 12 heavy (non-hydrogen) atoms. The van der Waals surface area contributed by atoms with Gasteiger partial charge in [-0.15, -0.1) is 0 Å². The molecule has 0 aromatic heterocycles. The second-order valence-corrected chi connectivity index (χ2v) is 3.16. The summed E-state index contributed by atoms with van der Waals surface area (Å²) in [7, 11) is 5.45. The summed E-state index contributed by atoms with van der Waals surface area (Å²) in [6, 6.07) is -0.668. The topological polar surface area (TPSA) is 75.1 Å². The van der Waals surface area contributed by atoms with Crippen molar-refractivity contribution in [3.63, 3.8) is 0 Å². The van der Waals surface area contributed by atoms with E-state index in [-0.39, 0.29) is 20.6 Å². The van der Waals surface area contributed by atoms with Crippen LogP contribution in [-0.2, 0) is 9.30 Å². The van der Waals surface area contributed by atoms with Crippen LogP contribution in [0, 0.1) is 0 Å². The van der Waals surface area contributed by atoms with Crippen molar-refractivity contribution in [2.24, 2.45) is 5.11 Å². The Hall–Kier alpha value is -0.565. The number of rotatable bonds is 3. The highest BCUT2D eigenvalue weighted by Crippen LogP contribution is 2.23. The molecule has 7 heteroatoms. The van der Waals surface area contributed by atoms with E-state index in [1.807, 2.05) is 0 Å². The standard InChI is InChI=1S/C5H7BN3O2P/c6-5-1-3(8-9-7)4(11-5)2-12-10/h3-5H,1-2H2/t3?,4-,5-/m1/s1. The first kappa shape index (κ1) is 9.52. The highest BCUT2D eigenvalue weighted by Gasteiger charge is 2.31. The minimum atomic E-state index is -0.396. The Morgan fingerprint density at radius 2 is 2.58 bits per heavy atom. The summed E-state index contributed by atoms with van der Waals surface area (Å²) in [5, 5.41) is 3.51. The van der Waals surface area contributed by atoms with E-state index in [2.05, 4.69) is 10.0 Å². The second kappa shape index (κ2) is 4.46. The van der Waals surface area contributed by atoms with Gasteiger partial charge in [-0.05, 0) is 12.0 Å². The van der Waals surface area contributed by atoms with Crippen LogP contribution < -0.4 is 0 Å². The Morgan fingerprint density at radius 3 is 3.17 bits per heavy atom. The molecule has 3 atom stereocenters. The van der Waals surface area contributed by atoms with E-state index in [0.29, 0.717) is 12.6 Å². The third-order valence-corrected chi connectivity index (χ3v) is 2.22. The quantitative estimate of drug-likeness (QED) is 0.217. The van der Waals surface area contributed by atoms with Crippen LogP contribution in [0.2, 0.25) is 0 Å². The summed E-state index contributed by atoms with van der Waals surface area (Å²) in [5.41, 5.74) is 8.18. The van der Waals surface area contributed by atoms with Crippen molar-refractivity contribution in [1.29, 1.82) is 0 Å². The molecular weight excluding hydrogens is 176 g/mol. The molecule has 1 unspecified atom stereocenters. The zero-order valence-corrected chi connectivity index (χ0v) is 7.22. The van der Waals surface area contributed by atoms with Crippen molar-refractivity contribution in [1.82, 2.24) is 0 Å². The maximum absolute atomic E-state index is 10.3. The van der Waals surface area contributed by atoms with Gasteiger partial charge >= 0.3 is 0 Å². The lowest BCUT2D eigenvalue weighted by Crippen LogP contribution is -2.20. The SMILES string of the molecule is [B][C@H]1CC(N=[N+]=[N-])[C@@H](CP=O)O1. The monoisotopic (exact) mass is 183 g/mol. The first-order valence-electron chi connectivity index (χ1n) is 3.52. The molecule has 1 rings (SSSR count). The van der Waals surface area contributed by atoms with Crippen LogP contribution in [0.5, 0.6) is 0 Å². The fourth-order valence-electron chi connectivity index (χ4n) is 1.19. The van der Waals surface area contributed by atoms with E-state index in [1.165, 1.54) is 0 Å². The molecule has 5 nitrogen and oxygen atoms in total. The number of azide groups is 1. The Morgan fingerprint density at radius 1 is 1.83 bits per heavy atom. The fourth-order valence-corrected chi connectivity index (χ4v) is 1.66. The van der Waals surface area contributed by atoms with Gasteiger partial charge in [0, 0.05) is 10.9 Å². The van der Waals surface area contributed by atoms with Gasteiger partial charge in [0.1, 0.15) is 7.85 Å². The molecule has 1 fully saturated rings. The normalized spacial score (nSPS) is 34.8. The van der Waals surface area contributed by atoms with E-state index in [9.17, 15) is 4.57 Å². The Labute approximate surface area is 72.7 Å². The Balaban J connectivity index is 2.58. The lowest BCUT2D eigenvalue weighted by Gasteiger charge is -2.09. The summed E-state index contributed by atoms with van der Waals surface area (Å²) in [6.45, 7) is 0. The minimum Gasteiger partial charge on any atom is -0.384 e. The van der Waals surface area contributed by atoms with Crippen LogP contribution in [0.3, 0.4) is 0 Å². The van der Waals surface area contributed by atoms with Gasteiger partial charge in [-0.2, -0.15) is 0 Å². The van der Waals surface area contributed by atoms with Crippen LogP contribution >= 0.6 is 8.46 Å². The van der Waals surface area contributed by atoms with Gasteiger partial charge in [-0.25, -0.2) is 0 Å². The largest absolute Gasteiger partial charge is 0.384 e. The molecular formula is C5H7BN3O2P. The summed E-state index contributed by atoms with van der Waals surface area (Å²) >= 11 is 0. The number of hydrogen-bond donors (Lipinski definition) is 0. The van der Waals surface area contributed by atoms with Gasteiger partial charge in [-0.1, -0.05) is 5.11 Å². The highest BCUT2D eigenvalue weighted by molar-refractivity contribution is 7.23. The molecule has 0 aliphatic carbocycles. The van der Waals surface area contributed by atoms with Gasteiger partial charge < -0.3 is 4.74 Å². The molecule has 0 spiro atoms. The van der Waals surface area contributed by atoms with Crippen molar-refractivity contribution >= 4 is 16.3 Å². The van der Waals surface area contributed by atoms with Gasteiger partial charge in [0.2, 0.25) is 0 Å². The van der Waals surface area contributed by atoms with E-state index in [0.717, 1.165) is 0 Å². The number of ether oxygens (including phenoxy) is 1. The van der Waals surface area contributed by atoms with E-state index >= 15 is 0 Å². The summed E-state index contributed by atoms with van der Waals surface area (Å²) < 4.78 is 15.4. The average molecular weight is 183 g/mol. The van der Waals surface area contributed by atoms with Crippen molar-refractivity contribution in [2.45, 2.75) is 24.6 Å². The van der Waals surface area contributed by atoms with E-state index in [1.54, 1.807) is 0 Å². The molecule has 0 bridgehead atoms. The van der Waals surface area contributed by atoms with Gasteiger partial charge in [-0.3, -0.25) is 4.57 Å². The van der Waals surface area contributed by atoms with Crippen molar-refractivity contribution in [3.05, 3.63) is 10.4 Å². The van der Waals surface area contributed by atoms with Crippen molar-refractivity contribution < 1.29 is 9.30 Å². The lowest BCUT2D eigenvalue weighted by atomic mass is 9.95. The van der Waals surface area contributed by atoms with Gasteiger partial charge in [0.15, 0.2) is 8.46 Å². The van der Waals surface area contributed by atoms with Gasteiger partial charge in [0.05, 0.1) is 18.3 Å². The molecule has 0 aromatic rings. The van der Waals surface area contributed by atoms with Crippen LogP contribution in [-0.4, -0.2) is 32.2 Å². The molecule has 0 N–H and O–H groups in total. The Kier molecular flexibility index (Phi) is 3.54. The van der Waals surface area contributed by atoms with E-state index < -0.39 is 6.00 Å². The fraction of sp³-hybridized carbons (Fsp3) is 1.00. The first-order chi connectivity index (χ1) is 5.77. The Bertz CT molecular complexity index is 221. The molecule has 2 radical (unpaired) electrons. The smallest absolute Gasteiger partial charge is 0.157 e. The molecule has 1 saturated heterocycles. The molecule has 0 amide bonds. The predicted octanol–water partition coefficient (Wildman–Crippen LogP) is 1.24. The molecule has 0 aromatic carbocycles. The molecule has 62 valence electrons. The first-order valence-corrected chi connectivity index (χ1v) is 4.52. The third-order valence-electron chi connectivity index (χ3n) is 1.71. The predicted molar refractivity (Wildman–Crippen MR) is 44.4 cm³/mol. The zero-order valence-electron chi connectivity index (χ0n) is 6.33. The summed E-state index contributed by atoms with van der Waals surface area (Å²) in [5.74, 6) is 0. The van der Waals surface area contributed by atoms with Crippen LogP contribution in [0.25, 0.3) is 10.4 Å². The third kappa shape index (κ3) is 2.21. The average Bonchev–Trinajstić information content (AvgIpc) is 2.33. The van der Waals surface area contributed by atoms with Crippen LogP contribution in [0.15, 0.2) is 5.11 Å². The van der Waals surface area contributed by atoms with Crippen molar-refractivity contribution in [2.75, 3.05) is 6.16 Å².